The van der Waals surface area contributed by atoms with Crippen LogP contribution in [0, 0.1) is 0 Å². The predicted octanol–water partition coefficient (Wildman–Crippen LogP) is 4.35. The minimum Gasteiger partial charge on any atom is -0.324 e. The first-order chi connectivity index (χ1) is 8.16. The Morgan fingerprint density at radius 2 is 1.71 bits per heavy atom. The highest BCUT2D eigenvalue weighted by molar-refractivity contribution is 9.10. The average molecular weight is 311 g/mol. The van der Waals surface area contributed by atoms with Gasteiger partial charge in [-0.3, -0.25) is 0 Å². The molecule has 0 aromatic heterocycles. The molecule has 2 N–H and O–H groups in total. The number of nitrogens with two attached hydrogens (primary N) is 1. The van der Waals surface area contributed by atoms with Crippen molar-refractivity contribution in [2.24, 2.45) is 5.73 Å². The Labute approximate surface area is 115 Å². The highest BCUT2D eigenvalue weighted by Crippen LogP contribution is 2.24. The van der Waals surface area contributed by atoms with Crippen molar-refractivity contribution in [2.45, 2.75) is 12.5 Å². The molecule has 0 fully saturated rings. The molecule has 0 heterocycles. The average Bonchev–Trinajstić information content (AvgIpc) is 2.32. The maximum absolute atomic E-state index is 6.20. The second-order valence-electron chi connectivity index (χ2n) is 3.96. The van der Waals surface area contributed by atoms with Gasteiger partial charge in [0.25, 0.3) is 0 Å². The Kier molecular flexibility index (Phi) is 4.21. The maximum atomic E-state index is 6.20. The van der Waals surface area contributed by atoms with E-state index in [-0.39, 0.29) is 6.04 Å². The van der Waals surface area contributed by atoms with Gasteiger partial charge in [-0.2, -0.15) is 0 Å². The Hall–Kier alpha value is -0.830. The van der Waals surface area contributed by atoms with Crippen molar-refractivity contribution < 1.29 is 0 Å². The van der Waals surface area contributed by atoms with Gasteiger partial charge in [0.1, 0.15) is 0 Å². The molecule has 0 radical (unpaired) electrons. The fraction of sp³-hybridized carbons (Fsp3) is 0.143. The highest BCUT2D eigenvalue weighted by atomic mass is 79.9. The number of benzene rings is 2. The summed E-state index contributed by atoms with van der Waals surface area (Å²) in [5.41, 5.74) is 8.52. The molecule has 88 valence electrons. The van der Waals surface area contributed by atoms with Gasteiger partial charge in [-0.15, -0.1) is 0 Å². The van der Waals surface area contributed by atoms with Crippen LogP contribution >= 0.6 is 27.5 Å². The van der Waals surface area contributed by atoms with E-state index in [1.54, 1.807) is 0 Å². The molecule has 0 amide bonds. The number of rotatable bonds is 3. The van der Waals surface area contributed by atoms with Crippen LogP contribution in [0.5, 0.6) is 0 Å². The quantitative estimate of drug-likeness (QED) is 0.896. The molecule has 0 spiro atoms. The van der Waals surface area contributed by atoms with Crippen molar-refractivity contribution in [1.82, 2.24) is 0 Å². The summed E-state index contributed by atoms with van der Waals surface area (Å²) < 4.78 is 1.06. The summed E-state index contributed by atoms with van der Waals surface area (Å²) in [6.07, 6.45) is 0.805. The molecule has 3 heteroatoms. The van der Waals surface area contributed by atoms with Crippen LogP contribution in [0.4, 0.5) is 0 Å². The van der Waals surface area contributed by atoms with E-state index >= 15 is 0 Å². The van der Waals surface area contributed by atoms with Crippen LogP contribution in [-0.2, 0) is 6.42 Å². The van der Waals surface area contributed by atoms with Gasteiger partial charge in [0.15, 0.2) is 0 Å². The lowest BCUT2D eigenvalue weighted by atomic mass is 10.00. The fourth-order valence-corrected chi connectivity index (χ4v) is 2.46. The first-order valence-electron chi connectivity index (χ1n) is 5.41. The standard InChI is InChI=1S/C14H13BrClN/c15-13-4-2-1-3-12(13)14(17)9-10-5-7-11(16)8-6-10/h1-8,14H,9,17H2. The Morgan fingerprint density at radius 3 is 2.35 bits per heavy atom. The van der Waals surface area contributed by atoms with Crippen molar-refractivity contribution in [2.75, 3.05) is 0 Å². The van der Waals surface area contributed by atoms with Crippen molar-refractivity contribution in [3.8, 4) is 0 Å². The van der Waals surface area contributed by atoms with Crippen LogP contribution in [0.2, 0.25) is 5.02 Å². The van der Waals surface area contributed by atoms with E-state index < -0.39 is 0 Å². The Morgan fingerprint density at radius 1 is 1.06 bits per heavy atom. The van der Waals surface area contributed by atoms with Gasteiger partial charge in [0.2, 0.25) is 0 Å². The summed E-state index contributed by atoms with van der Waals surface area (Å²) in [6.45, 7) is 0. The number of hydrogen-bond acceptors (Lipinski definition) is 1. The molecule has 1 atom stereocenters. The molecule has 1 unspecified atom stereocenters. The largest absolute Gasteiger partial charge is 0.324 e. The lowest BCUT2D eigenvalue weighted by molar-refractivity contribution is 0.718. The van der Waals surface area contributed by atoms with Gasteiger partial charge in [-0.25, -0.2) is 0 Å². The molecular weight excluding hydrogens is 298 g/mol. The molecule has 0 saturated heterocycles. The van der Waals surface area contributed by atoms with Gasteiger partial charge in [-0.1, -0.05) is 57.9 Å². The summed E-state index contributed by atoms with van der Waals surface area (Å²) in [5, 5.41) is 0.753. The summed E-state index contributed by atoms with van der Waals surface area (Å²) in [4.78, 5) is 0. The molecule has 0 aliphatic carbocycles. The van der Waals surface area contributed by atoms with Crippen LogP contribution in [0.3, 0.4) is 0 Å². The van der Waals surface area contributed by atoms with E-state index in [9.17, 15) is 0 Å². The fourth-order valence-electron chi connectivity index (χ4n) is 1.76. The maximum Gasteiger partial charge on any atom is 0.0406 e. The topological polar surface area (TPSA) is 26.0 Å². The normalized spacial score (nSPS) is 12.4. The van der Waals surface area contributed by atoms with Gasteiger partial charge in [0.05, 0.1) is 0 Å². The zero-order chi connectivity index (χ0) is 12.3. The summed E-state index contributed by atoms with van der Waals surface area (Å²) in [6, 6.07) is 15.9. The monoisotopic (exact) mass is 309 g/mol. The second-order valence-corrected chi connectivity index (χ2v) is 5.25. The minimum absolute atomic E-state index is 0.00764. The first-order valence-corrected chi connectivity index (χ1v) is 6.58. The van der Waals surface area contributed by atoms with Gasteiger partial charge in [-0.05, 0) is 35.7 Å². The number of halogens is 2. The van der Waals surface area contributed by atoms with Crippen LogP contribution in [-0.4, -0.2) is 0 Å². The lowest BCUT2D eigenvalue weighted by Gasteiger charge is -2.13. The molecular formula is C14H13BrClN. The molecule has 0 saturated carbocycles. The zero-order valence-electron chi connectivity index (χ0n) is 9.24. The van der Waals surface area contributed by atoms with E-state index in [4.69, 9.17) is 17.3 Å². The third-order valence-corrected chi connectivity index (χ3v) is 3.65. The van der Waals surface area contributed by atoms with Crippen molar-refractivity contribution in [1.29, 1.82) is 0 Å². The second kappa shape index (κ2) is 5.67. The predicted molar refractivity (Wildman–Crippen MR) is 76.2 cm³/mol. The zero-order valence-corrected chi connectivity index (χ0v) is 11.6. The van der Waals surface area contributed by atoms with E-state index in [0.717, 1.165) is 21.5 Å². The Balaban J connectivity index is 2.14. The van der Waals surface area contributed by atoms with E-state index in [1.807, 2.05) is 48.5 Å². The molecule has 2 aromatic carbocycles. The van der Waals surface area contributed by atoms with Crippen LogP contribution < -0.4 is 5.73 Å². The lowest BCUT2D eigenvalue weighted by Crippen LogP contribution is -2.13. The molecule has 0 aliphatic rings. The molecule has 2 aromatic rings. The summed E-state index contributed by atoms with van der Waals surface area (Å²) in [7, 11) is 0. The van der Waals surface area contributed by atoms with Crippen LogP contribution in [0.15, 0.2) is 53.0 Å². The van der Waals surface area contributed by atoms with Crippen molar-refractivity contribution in [3.05, 3.63) is 69.2 Å². The summed E-state index contributed by atoms with van der Waals surface area (Å²) >= 11 is 9.37. The van der Waals surface area contributed by atoms with E-state index in [2.05, 4.69) is 15.9 Å². The van der Waals surface area contributed by atoms with E-state index in [1.165, 1.54) is 5.56 Å². The van der Waals surface area contributed by atoms with Gasteiger partial charge >= 0.3 is 0 Å². The molecule has 1 nitrogen and oxygen atoms in total. The third kappa shape index (κ3) is 3.32. The molecule has 0 aliphatic heterocycles. The number of hydrogen-bond donors (Lipinski definition) is 1. The van der Waals surface area contributed by atoms with Crippen molar-refractivity contribution in [3.63, 3.8) is 0 Å². The molecule has 17 heavy (non-hydrogen) atoms. The molecule has 2 rings (SSSR count). The highest BCUT2D eigenvalue weighted by Gasteiger charge is 2.09. The van der Waals surface area contributed by atoms with Crippen LogP contribution in [0.25, 0.3) is 0 Å². The summed E-state index contributed by atoms with van der Waals surface area (Å²) in [5.74, 6) is 0. The van der Waals surface area contributed by atoms with Crippen LogP contribution in [0.1, 0.15) is 17.2 Å². The van der Waals surface area contributed by atoms with Gasteiger partial charge < -0.3 is 5.73 Å². The van der Waals surface area contributed by atoms with E-state index in [0.29, 0.717) is 0 Å². The van der Waals surface area contributed by atoms with Crippen molar-refractivity contribution >= 4 is 27.5 Å². The molecule has 0 bridgehead atoms. The first kappa shape index (κ1) is 12.6. The third-order valence-electron chi connectivity index (χ3n) is 2.67. The Bertz CT molecular complexity index is 496. The van der Waals surface area contributed by atoms with Gasteiger partial charge in [0, 0.05) is 15.5 Å². The SMILES string of the molecule is NC(Cc1ccc(Cl)cc1)c1ccccc1Br. The minimum atomic E-state index is -0.00764. The smallest absolute Gasteiger partial charge is 0.0406 e.